The van der Waals surface area contributed by atoms with Crippen molar-refractivity contribution in [1.82, 2.24) is 0 Å². The molecule has 0 nitrogen and oxygen atoms in total. The van der Waals surface area contributed by atoms with Crippen LogP contribution >= 0.6 is 0 Å². The zero-order valence-electron chi connectivity index (χ0n) is 12.5. The van der Waals surface area contributed by atoms with E-state index in [1.54, 1.807) is 0 Å². The number of unbranched alkanes of at least 4 members (excludes halogenated alkanes) is 1. The van der Waals surface area contributed by atoms with E-state index >= 15 is 0 Å². The molecule has 0 aliphatic rings. The number of allylic oxidation sites excluding steroid dienone is 2. The van der Waals surface area contributed by atoms with E-state index in [9.17, 15) is 0 Å². The van der Waals surface area contributed by atoms with E-state index in [-0.39, 0.29) is 0 Å². The van der Waals surface area contributed by atoms with Crippen molar-refractivity contribution in [3.05, 3.63) is 72.3 Å². The maximum Gasteiger partial charge on any atom is -0.00696 e. The number of benzene rings is 2. The average molecular weight is 264 g/mol. The van der Waals surface area contributed by atoms with E-state index in [0.717, 1.165) is 19.3 Å². The molecule has 0 aliphatic heterocycles. The second-order valence-corrected chi connectivity index (χ2v) is 5.77. The lowest BCUT2D eigenvalue weighted by Gasteiger charge is -2.07. The van der Waals surface area contributed by atoms with Crippen LogP contribution in [0.3, 0.4) is 0 Å². The minimum absolute atomic E-state index is 0.998. The molecular weight excluding hydrogens is 240 g/mol. The zero-order chi connectivity index (χ0) is 14.4. The Morgan fingerprint density at radius 1 is 0.900 bits per heavy atom. The molecule has 0 heterocycles. The van der Waals surface area contributed by atoms with Gasteiger partial charge in [0.25, 0.3) is 0 Å². The summed E-state index contributed by atoms with van der Waals surface area (Å²) >= 11 is 0. The van der Waals surface area contributed by atoms with Crippen LogP contribution in [-0.4, -0.2) is 0 Å². The summed E-state index contributed by atoms with van der Waals surface area (Å²) in [7, 11) is 0. The smallest absolute Gasteiger partial charge is 0.00696 e. The van der Waals surface area contributed by atoms with E-state index in [0.29, 0.717) is 0 Å². The Bertz CT molecular complexity index is 604. The third-order valence-corrected chi connectivity index (χ3v) is 3.65. The molecule has 2 aromatic carbocycles. The highest BCUT2D eigenvalue weighted by atomic mass is 14.1. The molecule has 0 atom stereocenters. The summed E-state index contributed by atoms with van der Waals surface area (Å²) in [4.78, 5) is 0. The Balaban J connectivity index is 1.88. The van der Waals surface area contributed by atoms with Crippen LogP contribution in [0.1, 0.15) is 38.2 Å². The van der Waals surface area contributed by atoms with Gasteiger partial charge in [0, 0.05) is 0 Å². The molecule has 0 unspecified atom stereocenters. The maximum absolute atomic E-state index is 4.22. The predicted molar refractivity (Wildman–Crippen MR) is 90.1 cm³/mol. The van der Waals surface area contributed by atoms with Crippen LogP contribution in [0.25, 0.3) is 10.8 Å². The first-order valence-electron chi connectivity index (χ1n) is 7.44. The summed E-state index contributed by atoms with van der Waals surface area (Å²) in [6, 6.07) is 15.2. The molecule has 104 valence electrons. The molecule has 0 saturated carbocycles. The van der Waals surface area contributed by atoms with Gasteiger partial charge < -0.3 is 0 Å². The van der Waals surface area contributed by atoms with Gasteiger partial charge in [0.05, 0.1) is 0 Å². The van der Waals surface area contributed by atoms with Gasteiger partial charge in [-0.3, -0.25) is 0 Å². The molecular formula is C20H24. The van der Waals surface area contributed by atoms with Crippen molar-refractivity contribution in [2.75, 3.05) is 0 Å². The van der Waals surface area contributed by atoms with Crippen molar-refractivity contribution < 1.29 is 0 Å². The summed E-state index contributed by atoms with van der Waals surface area (Å²) in [5.74, 6) is 0. The molecule has 0 bridgehead atoms. The van der Waals surface area contributed by atoms with Crippen LogP contribution in [0.5, 0.6) is 0 Å². The molecule has 0 fully saturated rings. The molecule has 0 spiro atoms. The predicted octanol–water partition coefficient (Wildman–Crippen LogP) is 6.08. The van der Waals surface area contributed by atoms with Gasteiger partial charge in [-0.1, -0.05) is 60.2 Å². The Labute approximate surface area is 122 Å². The Kier molecular flexibility index (Phi) is 5.17. The van der Waals surface area contributed by atoms with Crippen molar-refractivity contribution >= 4 is 10.8 Å². The monoisotopic (exact) mass is 264 g/mol. The van der Waals surface area contributed by atoms with Gasteiger partial charge in [-0.05, 0) is 55.4 Å². The summed E-state index contributed by atoms with van der Waals surface area (Å²) in [5, 5.41) is 2.63. The van der Waals surface area contributed by atoms with Crippen molar-refractivity contribution in [1.29, 1.82) is 0 Å². The molecule has 0 N–H and O–H groups in total. The normalized spacial score (nSPS) is 10.7. The largest absolute Gasteiger partial charge is 0.100 e. The summed E-state index contributed by atoms with van der Waals surface area (Å²) in [6.07, 6.45) is 5.71. The number of fused-ring (bicyclic) bond motifs is 1. The molecule has 0 aliphatic carbocycles. The molecule has 2 aromatic rings. The summed E-state index contributed by atoms with van der Waals surface area (Å²) < 4.78 is 0. The first-order valence-corrected chi connectivity index (χ1v) is 7.44. The van der Waals surface area contributed by atoms with Gasteiger partial charge in [-0.2, -0.15) is 0 Å². The first-order chi connectivity index (χ1) is 9.65. The lowest BCUT2D eigenvalue weighted by atomic mass is 9.98. The third kappa shape index (κ3) is 4.38. The third-order valence-electron chi connectivity index (χ3n) is 3.65. The van der Waals surface area contributed by atoms with E-state index in [1.807, 2.05) is 0 Å². The van der Waals surface area contributed by atoms with Crippen molar-refractivity contribution in [2.24, 2.45) is 0 Å². The fourth-order valence-electron chi connectivity index (χ4n) is 2.53. The Morgan fingerprint density at radius 3 is 2.35 bits per heavy atom. The molecule has 0 heteroatoms. The number of hydrogen-bond acceptors (Lipinski definition) is 0. The van der Waals surface area contributed by atoms with Gasteiger partial charge in [-0.15, -0.1) is 6.58 Å². The van der Waals surface area contributed by atoms with Crippen LogP contribution in [0.2, 0.25) is 0 Å². The van der Waals surface area contributed by atoms with Crippen molar-refractivity contribution in [2.45, 2.75) is 39.0 Å². The first kappa shape index (κ1) is 14.6. The Hall–Kier alpha value is -1.82. The van der Waals surface area contributed by atoms with Crippen LogP contribution in [0, 0.1) is 0 Å². The summed E-state index contributed by atoms with van der Waals surface area (Å²) in [5.41, 5.74) is 3.99. The molecule has 0 radical (unpaired) electrons. The molecule has 20 heavy (non-hydrogen) atoms. The van der Waals surface area contributed by atoms with Gasteiger partial charge >= 0.3 is 0 Å². The maximum atomic E-state index is 4.22. The molecule has 0 amide bonds. The van der Waals surface area contributed by atoms with E-state index in [1.165, 1.54) is 40.3 Å². The van der Waals surface area contributed by atoms with Gasteiger partial charge in [-0.25, -0.2) is 0 Å². The number of rotatable bonds is 7. The topological polar surface area (TPSA) is 0 Å². The van der Waals surface area contributed by atoms with Crippen molar-refractivity contribution in [3.8, 4) is 0 Å². The van der Waals surface area contributed by atoms with E-state index in [4.69, 9.17) is 0 Å². The molecule has 0 saturated heterocycles. The molecule has 2 rings (SSSR count). The van der Waals surface area contributed by atoms with Gasteiger partial charge in [0.2, 0.25) is 0 Å². The van der Waals surface area contributed by atoms with E-state index < -0.39 is 0 Å². The SMILES string of the molecule is C=C(C)CCCCC(=C)Cc1ccc2ccccc2c1. The lowest BCUT2D eigenvalue weighted by molar-refractivity contribution is 0.718. The average Bonchev–Trinajstić information content (AvgIpc) is 2.43. The van der Waals surface area contributed by atoms with E-state index in [2.05, 4.69) is 62.5 Å². The second-order valence-electron chi connectivity index (χ2n) is 5.77. The highest BCUT2D eigenvalue weighted by Crippen LogP contribution is 2.19. The van der Waals surface area contributed by atoms with Crippen LogP contribution in [-0.2, 0) is 6.42 Å². The lowest BCUT2D eigenvalue weighted by Crippen LogP contribution is -1.90. The van der Waals surface area contributed by atoms with Crippen LogP contribution in [0.15, 0.2) is 66.8 Å². The van der Waals surface area contributed by atoms with Gasteiger partial charge in [0.1, 0.15) is 0 Å². The van der Waals surface area contributed by atoms with Crippen molar-refractivity contribution in [3.63, 3.8) is 0 Å². The van der Waals surface area contributed by atoms with Crippen LogP contribution < -0.4 is 0 Å². The standard InChI is InChI=1S/C20H24/c1-16(2)8-4-5-9-17(3)14-18-12-13-19-10-6-7-11-20(19)15-18/h6-7,10-13,15H,1,3-5,8-9,14H2,2H3. The number of hydrogen-bond donors (Lipinski definition) is 0. The molecule has 0 aromatic heterocycles. The second kappa shape index (κ2) is 7.09. The van der Waals surface area contributed by atoms with Gasteiger partial charge in [0.15, 0.2) is 0 Å². The summed E-state index contributed by atoms with van der Waals surface area (Å²) in [6.45, 7) is 10.3. The fraction of sp³-hybridized carbons (Fsp3) is 0.300. The fourth-order valence-corrected chi connectivity index (χ4v) is 2.53. The zero-order valence-corrected chi connectivity index (χ0v) is 12.5. The minimum atomic E-state index is 0.998. The Morgan fingerprint density at radius 2 is 1.60 bits per heavy atom. The quantitative estimate of drug-likeness (QED) is 0.420. The highest BCUT2D eigenvalue weighted by molar-refractivity contribution is 5.83. The minimum Gasteiger partial charge on any atom is -0.100 e. The van der Waals surface area contributed by atoms with Crippen LogP contribution in [0.4, 0.5) is 0 Å². The highest BCUT2D eigenvalue weighted by Gasteiger charge is 2.00.